The van der Waals surface area contributed by atoms with Crippen LogP contribution in [0.1, 0.15) is 17.5 Å². The zero-order valence-corrected chi connectivity index (χ0v) is 14.7. The van der Waals surface area contributed by atoms with E-state index >= 15 is 0 Å². The minimum absolute atomic E-state index is 0.0117. The van der Waals surface area contributed by atoms with Crippen molar-refractivity contribution < 1.29 is 4.79 Å². The fourth-order valence-corrected chi connectivity index (χ4v) is 2.54. The van der Waals surface area contributed by atoms with Crippen molar-refractivity contribution in [3.05, 3.63) is 63.1 Å². The fourth-order valence-electron chi connectivity index (χ4n) is 1.96. The van der Waals surface area contributed by atoms with Gasteiger partial charge in [0.1, 0.15) is 0 Å². The fraction of sp³-hybridized carbons (Fsp3) is 0.235. The molecule has 0 saturated heterocycles. The lowest BCUT2D eigenvalue weighted by Crippen LogP contribution is -2.21. The van der Waals surface area contributed by atoms with Gasteiger partial charge in [-0.25, -0.2) is 0 Å². The average Bonchev–Trinajstić information content (AvgIpc) is 2.49. The van der Waals surface area contributed by atoms with Crippen LogP contribution in [0.3, 0.4) is 0 Å². The first kappa shape index (κ1) is 17.0. The third kappa shape index (κ3) is 5.13. The van der Waals surface area contributed by atoms with Gasteiger partial charge in [0, 0.05) is 34.7 Å². The van der Waals surface area contributed by atoms with Crippen LogP contribution in [0.15, 0.2) is 46.9 Å². The number of hydrogen-bond donors (Lipinski definition) is 2. The molecule has 3 nitrogen and oxygen atoms in total. The third-order valence-electron chi connectivity index (χ3n) is 3.26. The van der Waals surface area contributed by atoms with Crippen molar-refractivity contribution in [3.63, 3.8) is 0 Å². The van der Waals surface area contributed by atoms with E-state index in [0.717, 1.165) is 26.3 Å². The second-order valence-corrected chi connectivity index (χ2v) is 6.29. The number of halogens is 2. The molecule has 5 heteroatoms. The highest BCUT2D eigenvalue weighted by molar-refractivity contribution is 9.10. The number of hydrogen-bond acceptors (Lipinski definition) is 2. The molecule has 0 aliphatic rings. The lowest BCUT2D eigenvalue weighted by Gasteiger charge is -2.08. The van der Waals surface area contributed by atoms with Gasteiger partial charge in [0.25, 0.3) is 0 Å². The van der Waals surface area contributed by atoms with Gasteiger partial charge in [-0.3, -0.25) is 4.79 Å². The Bertz CT molecular complexity index is 661. The largest absolute Gasteiger partial charge is 0.326 e. The summed E-state index contributed by atoms with van der Waals surface area (Å²) in [7, 11) is 0. The zero-order valence-electron chi connectivity index (χ0n) is 12.3. The molecule has 0 bridgehead atoms. The Labute approximate surface area is 144 Å². The number of benzene rings is 2. The van der Waals surface area contributed by atoms with Crippen LogP contribution in [-0.4, -0.2) is 12.5 Å². The van der Waals surface area contributed by atoms with E-state index in [1.165, 1.54) is 0 Å². The Hall–Kier alpha value is -1.36. The standard InChI is InChI=1S/C17H18BrClN2O/c1-12-6-7-14(10-15(12)18)21-17(22)8-9-20-11-13-4-2-3-5-16(13)19/h2-7,10,20H,8-9,11H2,1H3,(H,21,22). The van der Waals surface area contributed by atoms with E-state index in [2.05, 4.69) is 26.6 Å². The first-order valence-electron chi connectivity index (χ1n) is 7.06. The number of amides is 1. The number of carbonyl (C=O) groups excluding carboxylic acids is 1. The summed E-state index contributed by atoms with van der Waals surface area (Å²) >= 11 is 9.53. The van der Waals surface area contributed by atoms with Gasteiger partial charge < -0.3 is 10.6 Å². The molecule has 22 heavy (non-hydrogen) atoms. The van der Waals surface area contributed by atoms with Crippen LogP contribution in [0.2, 0.25) is 5.02 Å². The van der Waals surface area contributed by atoms with E-state index < -0.39 is 0 Å². The van der Waals surface area contributed by atoms with Crippen LogP contribution in [0.5, 0.6) is 0 Å². The Balaban J connectivity index is 1.74. The van der Waals surface area contributed by atoms with E-state index in [-0.39, 0.29) is 5.91 Å². The van der Waals surface area contributed by atoms with Gasteiger partial charge in [0.15, 0.2) is 0 Å². The Morgan fingerprint density at radius 2 is 2.00 bits per heavy atom. The van der Waals surface area contributed by atoms with Crippen LogP contribution in [0, 0.1) is 6.92 Å². The Morgan fingerprint density at radius 1 is 1.23 bits per heavy atom. The predicted octanol–water partition coefficient (Wildman–Crippen LogP) is 4.53. The summed E-state index contributed by atoms with van der Waals surface area (Å²) in [4.78, 5) is 11.9. The topological polar surface area (TPSA) is 41.1 Å². The Kier molecular flexibility index (Phi) is 6.43. The molecule has 2 rings (SSSR count). The average molecular weight is 382 g/mol. The summed E-state index contributed by atoms with van der Waals surface area (Å²) < 4.78 is 0.988. The van der Waals surface area contributed by atoms with Crippen LogP contribution in [0.25, 0.3) is 0 Å². The maximum Gasteiger partial charge on any atom is 0.225 e. The van der Waals surface area contributed by atoms with E-state index in [4.69, 9.17) is 11.6 Å². The molecule has 1 amide bonds. The van der Waals surface area contributed by atoms with Gasteiger partial charge >= 0.3 is 0 Å². The van der Waals surface area contributed by atoms with Crippen molar-refractivity contribution in [2.75, 3.05) is 11.9 Å². The summed E-state index contributed by atoms with van der Waals surface area (Å²) in [5.74, 6) is -0.0117. The molecule has 0 atom stereocenters. The first-order chi connectivity index (χ1) is 10.6. The van der Waals surface area contributed by atoms with Crippen molar-refractivity contribution in [1.82, 2.24) is 5.32 Å². The minimum atomic E-state index is -0.0117. The summed E-state index contributed by atoms with van der Waals surface area (Å²) in [6, 6.07) is 13.5. The van der Waals surface area contributed by atoms with Crippen LogP contribution < -0.4 is 10.6 Å². The van der Waals surface area contributed by atoms with Gasteiger partial charge in [0.2, 0.25) is 5.91 Å². The molecule has 0 unspecified atom stereocenters. The van der Waals surface area contributed by atoms with Gasteiger partial charge in [0.05, 0.1) is 0 Å². The summed E-state index contributed by atoms with van der Waals surface area (Å²) in [6.07, 6.45) is 0.413. The molecule has 2 aromatic carbocycles. The molecule has 116 valence electrons. The molecule has 0 radical (unpaired) electrons. The smallest absolute Gasteiger partial charge is 0.225 e. The van der Waals surface area contributed by atoms with Crippen molar-refractivity contribution in [2.45, 2.75) is 19.9 Å². The number of nitrogens with one attached hydrogen (secondary N) is 2. The molecule has 0 saturated carbocycles. The number of carbonyl (C=O) groups is 1. The van der Waals surface area contributed by atoms with E-state index in [1.54, 1.807) is 0 Å². The lowest BCUT2D eigenvalue weighted by atomic mass is 10.2. The monoisotopic (exact) mass is 380 g/mol. The molecular weight excluding hydrogens is 364 g/mol. The number of rotatable bonds is 6. The van der Waals surface area contributed by atoms with Crippen LogP contribution in [-0.2, 0) is 11.3 Å². The van der Waals surface area contributed by atoms with Crippen molar-refractivity contribution >= 4 is 39.1 Å². The molecule has 0 heterocycles. The van der Waals surface area contributed by atoms with Gasteiger partial charge in [-0.1, -0.05) is 51.8 Å². The molecule has 0 aromatic heterocycles. The number of aryl methyl sites for hydroxylation is 1. The maximum absolute atomic E-state index is 11.9. The van der Waals surface area contributed by atoms with Crippen molar-refractivity contribution in [3.8, 4) is 0 Å². The maximum atomic E-state index is 11.9. The summed E-state index contributed by atoms with van der Waals surface area (Å²) in [6.45, 7) is 3.27. The highest BCUT2D eigenvalue weighted by Crippen LogP contribution is 2.20. The van der Waals surface area contributed by atoms with E-state index in [9.17, 15) is 4.79 Å². The lowest BCUT2D eigenvalue weighted by molar-refractivity contribution is -0.116. The third-order valence-corrected chi connectivity index (χ3v) is 4.48. The Morgan fingerprint density at radius 3 is 2.73 bits per heavy atom. The second-order valence-electron chi connectivity index (χ2n) is 5.03. The molecular formula is C17H18BrClN2O. The van der Waals surface area contributed by atoms with E-state index in [1.807, 2.05) is 49.4 Å². The number of anilines is 1. The first-order valence-corrected chi connectivity index (χ1v) is 8.23. The molecule has 0 spiro atoms. The molecule has 0 fully saturated rings. The van der Waals surface area contributed by atoms with Crippen molar-refractivity contribution in [2.24, 2.45) is 0 Å². The molecule has 0 aliphatic heterocycles. The van der Waals surface area contributed by atoms with Gasteiger partial charge in [-0.05, 0) is 36.2 Å². The van der Waals surface area contributed by atoms with Crippen LogP contribution >= 0.6 is 27.5 Å². The van der Waals surface area contributed by atoms with E-state index in [0.29, 0.717) is 19.5 Å². The van der Waals surface area contributed by atoms with Gasteiger partial charge in [-0.2, -0.15) is 0 Å². The molecule has 2 aromatic rings. The van der Waals surface area contributed by atoms with Crippen LogP contribution in [0.4, 0.5) is 5.69 Å². The predicted molar refractivity (Wildman–Crippen MR) is 95.3 cm³/mol. The van der Waals surface area contributed by atoms with Crippen molar-refractivity contribution in [1.29, 1.82) is 0 Å². The summed E-state index contributed by atoms with van der Waals surface area (Å²) in [5.41, 5.74) is 2.97. The summed E-state index contributed by atoms with van der Waals surface area (Å²) in [5, 5.41) is 6.85. The minimum Gasteiger partial charge on any atom is -0.326 e. The highest BCUT2D eigenvalue weighted by atomic mass is 79.9. The quantitative estimate of drug-likeness (QED) is 0.722. The molecule has 2 N–H and O–H groups in total. The zero-order chi connectivity index (χ0) is 15.9. The van der Waals surface area contributed by atoms with Gasteiger partial charge in [-0.15, -0.1) is 0 Å². The highest BCUT2D eigenvalue weighted by Gasteiger charge is 2.04. The normalized spacial score (nSPS) is 10.5. The SMILES string of the molecule is Cc1ccc(NC(=O)CCNCc2ccccc2Cl)cc1Br. The molecule has 0 aliphatic carbocycles. The second kappa shape index (κ2) is 8.32.